The molecule has 2 aliphatic heterocycles. The maximum atomic E-state index is 13.3. The molecule has 0 unspecified atom stereocenters. The first-order valence-corrected chi connectivity index (χ1v) is 21.6. The second-order valence-electron chi connectivity index (χ2n) is 18.8. The summed E-state index contributed by atoms with van der Waals surface area (Å²) in [5.41, 5.74) is -0.699. The molecule has 0 N–H and O–H groups in total. The van der Waals surface area contributed by atoms with Crippen molar-refractivity contribution in [3.05, 3.63) is 0 Å². The average Bonchev–Trinajstić information content (AvgIpc) is 3.02. The van der Waals surface area contributed by atoms with Crippen molar-refractivity contribution in [3.63, 3.8) is 0 Å². The number of hydroxylamine groups is 4. The zero-order valence-corrected chi connectivity index (χ0v) is 35.5. The zero-order chi connectivity index (χ0) is 38.0. The maximum absolute atomic E-state index is 13.3. The quantitative estimate of drug-likeness (QED) is 0.0618. The van der Waals surface area contributed by atoms with E-state index in [1.807, 2.05) is 0 Å². The van der Waals surface area contributed by atoms with E-state index in [4.69, 9.17) is 14.4 Å². The zero-order valence-electron chi connectivity index (χ0n) is 35.5. The summed E-state index contributed by atoms with van der Waals surface area (Å²) in [6.07, 6.45) is 25.6. The third-order valence-electron chi connectivity index (χ3n) is 11.4. The number of ketones is 1. The van der Waals surface area contributed by atoms with E-state index in [2.05, 4.69) is 79.4 Å². The highest BCUT2D eigenvalue weighted by Crippen LogP contribution is 2.43. The van der Waals surface area contributed by atoms with Crippen molar-refractivity contribution in [2.75, 3.05) is 13.2 Å². The monoisotopic (exact) mass is 721 g/mol. The van der Waals surface area contributed by atoms with Gasteiger partial charge in [-0.05, 0) is 93.9 Å². The van der Waals surface area contributed by atoms with Crippen LogP contribution < -0.4 is 0 Å². The molecule has 0 aliphatic carbocycles. The van der Waals surface area contributed by atoms with E-state index in [0.29, 0.717) is 18.6 Å². The van der Waals surface area contributed by atoms with Crippen LogP contribution in [0.15, 0.2) is 0 Å². The predicted octanol–water partition coefficient (Wildman–Crippen LogP) is 12.1. The lowest BCUT2D eigenvalue weighted by atomic mass is 9.73. The molecule has 300 valence electrons. The van der Waals surface area contributed by atoms with Gasteiger partial charge in [0.1, 0.15) is 11.9 Å². The van der Waals surface area contributed by atoms with Gasteiger partial charge in [0, 0.05) is 53.8 Å². The van der Waals surface area contributed by atoms with Crippen molar-refractivity contribution in [1.82, 2.24) is 10.1 Å². The van der Waals surface area contributed by atoms with Gasteiger partial charge in [0.2, 0.25) is 0 Å². The molecule has 0 aromatic carbocycles. The first-order valence-electron chi connectivity index (χ1n) is 21.6. The standard InChI is InChI=1S/C44H84N2O5/c1-11-13-15-17-23-27-31-49-45-41(3,4)33-37(34-42(45,5)6)39(47)29-25-21-19-20-22-26-30-40(48)51-38-35-43(7,8)46(44(9,10)36-38)50-32-28-24-18-16-14-12-2/h37-38H,11-36H2,1-10H3. The molecule has 2 heterocycles. The van der Waals surface area contributed by atoms with Gasteiger partial charge in [-0.15, -0.1) is 0 Å². The molecule has 0 atom stereocenters. The normalized spacial score (nSPS) is 20.8. The minimum atomic E-state index is -0.193. The molecular weight excluding hydrogens is 636 g/mol. The highest BCUT2D eigenvalue weighted by Gasteiger charge is 2.49. The van der Waals surface area contributed by atoms with Gasteiger partial charge < -0.3 is 4.74 Å². The van der Waals surface area contributed by atoms with E-state index in [1.165, 1.54) is 64.2 Å². The van der Waals surface area contributed by atoms with E-state index < -0.39 is 0 Å². The number of nitrogens with zero attached hydrogens (tertiary/aromatic N) is 2. The Bertz CT molecular complexity index is 941. The van der Waals surface area contributed by atoms with Gasteiger partial charge in [0.25, 0.3) is 0 Å². The van der Waals surface area contributed by atoms with Crippen molar-refractivity contribution in [1.29, 1.82) is 0 Å². The molecule has 2 rings (SSSR count). The van der Waals surface area contributed by atoms with Crippen molar-refractivity contribution in [2.24, 2.45) is 5.92 Å². The maximum Gasteiger partial charge on any atom is 0.306 e. The van der Waals surface area contributed by atoms with Crippen molar-refractivity contribution in [3.8, 4) is 0 Å². The minimum absolute atomic E-state index is 0.0663. The number of esters is 1. The fourth-order valence-corrected chi connectivity index (χ4v) is 9.25. The summed E-state index contributed by atoms with van der Waals surface area (Å²) in [7, 11) is 0. The topological polar surface area (TPSA) is 68.3 Å². The number of hydrogen-bond acceptors (Lipinski definition) is 7. The van der Waals surface area contributed by atoms with Gasteiger partial charge >= 0.3 is 5.97 Å². The molecule has 2 aliphatic rings. The first kappa shape index (κ1) is 46.1. The Balaban J connectivity index is 1.60. The number of carbonyl (C=O) groups is 2. The highest BCUT2D eigenvalue weighted by molar-refractivity contribution is 5.81. The Kier molecular flexibility index (Phi) is 20.8. The molecule has 0 aromatic rings. The Hall–Kier alpha value is -1.02. The fraction of sp³-hybridized carbons (Fsp3) is 0.955. The van der Waals surface area contributed by atoms with Crippen molar-refractivity contribution < 1.29 is 24.0 Å². The Morgan fingerprint density at radius 2 is 0.843 bits per heavy atom. The van der Waals surface area contributed by atoms with Crippen LogP contribution in [-0.4, -0.2) is 63.4 Å². The third-order valence-corrected chi connectivity index (χ3v) is 11.4. The summed E-state index contributed by atoms with van der Waals surface area (Å²) in [5.74, 6) is 0.468. The smallest absolute Gasteiger partial charge is 0.306 e. The van der Waals surface area contributed by atoms with Gasteiger partial charge in [0.05, 0.1) is 13.2 Å². The molecule has 7 nitrogen and oxygen atoms in total. The number of Topliss-reactive ketones (excluding diaryl/α,β-unsaturated/α-hetero) is 1. The number of piperidine rings is 2. The average molecular weight is 721 g/mol. The van der Waals surface area contributed by atoms with Gasteiger partial charge in [0.15, 0.2) is 0 Å². The largest absolute Gasteiger partial charge is 0.462 e. The molecule has 7 heteroatoms. The Morgan fingerprint density at radius 3 is 1.27 bits per heavy atom. The number of unbranched alkanes of at least 4 members (excludes halogenated alkanes) is 15. The summed E-state index contributed by atoms with van der Waals surface area (Å²) in [5, 5.41) is 4.39. The lowest BCUT2D eigenvalue weighted by molar-refractivity contribution is -0.293. The minimum Gasteiger partial charge on any atom is -0.462 e. The molecular formula is C44H84N2O5. The van der Waals surface area contributed by atoms with Crippen LogP contribution in [0.2, 0.25) is 0 Å². The van der Waals surface area contributed by atoms with Gasteiger partial charge in [-0.1, -0.05) is 104 Å². The van der Waals surface area contributed by atoms with Crippen LogP contribution in [0.25, 0.3) is 0 Å². The SMILES string of the molecule is CCCCCCCCON1C(C)(C)CC(OC(=O)CCCCCCCCC(=O)C2CC(C)(C)N(OCCCCCCCC)C(C)(C)C2)CC1(C)C. The highest BCUT2D eigenvalue weighted by atomic mass is 16.7. The summed E-state index contributed by atoms with van der Waals surface area (Å²) >= 11 is 0. The number of carbonyl (C=O) groups excluding carboxylic acids is 2. The number of hydrogen-bond donors (Lipinski definition) is 0. The van der Waals surface area contributed by atoms with Crippen LogP contribution in [-0.2, 0) is 24.0 Å². The van der Waals surface area contributed by atoms with Crippen LogP contribution in [0.1, 0.15) is 223 Å². The van der Waals surface area contributed by atoms with E-state index in [1.54, 1.807) is 0 Å². The van der Waals surface area contributed by atoms with E-state index in [9.17, 15) is 9.59 Å². The Labute approximate surface area is 316 Å². The lowest BCUT2D eigenvalue weighted by Crippen LogP contribution is -2.62. The van der Waals surface area contributed by atoms with Crippen LogP contribution in [0, 0.1) is 5.92 Å². The Morgan fingerprint density at radius 1 is 0.490 bits per heavy atom. The predicted molar refractivity (Wildman–Crippen MR) is 212 cm³/mol. The summed E-state index contributed by atoms with van der Waals surface area (Å²) in [6.45, 7) is 23.8. The van der Waals surface area contributed by atoms with Crippen molar-refractivity contribution in [2.45, 2.75) is 252 Å². The number of ether oxygens (including phenoxy) is 1. The van der Waals surface area contributed by atoms with Crippen LogP contribution in [0.5, 0.6) is 0 Å². The summed E-state index contributed by atoms with van der Waals surface area (Å²) in [4.78, 5) is 38.8. The van der Waals surface area contributed by atoms with Gasteiger partial charge in [-0.3, -0.25) is 19.3 Å². The van der Waals surface area contributed by atoms with E-state index in [-0.39, 0.29) is 40.1 Å². The first-order chi connectivity index (χ1) is 24.1. The third kappa shape index (κ3) is 16.9. The molecule has 0 saturated carbocycles. The second kappa shape index (κ2) is 23.0. The van der Waals surface area contributed by atoms with E-state index in [0.717, 1.165) is 90.3 Å². The van der Waals surface area contributed by atoms with Gasteiger partial charge in [-0.25, -0.2) is 0 Å². The van der Waals surface area contributed by atoms with Crippen LogP contribution in [0.4, 0.5) is 0 Å². The summed E-state index contributed by atoms with van der Waals surface area (Å²) in [6, 6.07) is 0. The van der Waals surface area contributed by atoms with Crippen LogP contribution in [0.3, 0.4) is 0 Å². The van der Waals surface area contributed by atoms with Gasteiger partial charge in [-0.2, -0.15) is 10.1 Å². The second-order valence-corrected chi connectivity index (χ2v) is 18.8. The molecule has 51 heavy (non-hydrogen) atoms. The van der Waals surface area contributed by atoms with Crippen molar-refractivity contribution >= 4 is 11.8 Å². The summed E-state index contributed by atoms with van der Waals surface area (Å²) < 4.78 is 6.03. The number of rotatable bonds is 27. The molecule has 2 fully saturated rings. The molecule has 0 bridgehead atoms. The van der Waals surface area contributed by atoms with Crippen LogP contribution >= 0.6 is 0 Å². The fourth-order valence-electron chi connectivity index (χ4n) is 9.25. The molecule has 0 radical (unpaired) electrons. The molecule has 0 aromatic heterocycles. The lowest BCUT2D eigenvalue weighted by Gasteiger charge is -2.53. The van der Waals surface area contributed by atoms with E-state index >= 15 is 0 Å². The molecule has 0 amide bonds. The molecule has 0 spiro atoms. The molecule has 2 saturated heterocycles.